The van der Waals surface area contributed by atoms with Crippen LogP contribution in [0.4, 0.5) is 5.69 Å². The smallest absolute Gasteiger partial charge is 0.277 e. The highest BCUT2D eigenvalue weighted by Gasteiger charge is 2.62. The van der Waals surface area contributed by atoms with E-state index in [2.05, 4.69) is 10.5 Å². The summed E-state index contributed by atoms with van der Waals surface area (Å²) in [6.45, 7) is 0. The zero-order valence-corrected chi connectivity index (χ0v) is 16.1. The van der Waals surface area contributed by atoms with Crippen LogP contribution in [0, 0.1) is 5.92 Å². The number of thiophene rings is 1. The summed E-state index contributed by atoms with van der Waals surface area (Å²) in [5, 5.41) is 8.89. The summed E-state index contributed by atoms with van der Waals surface area (Å²) < 4.78 is 0. The number of carbonyl (C=O) groups is 2. The Bertz CT molecular complexity index is 1150. The van der Waals surface area contributed by atoms with Crippen molar-refractivity contribution in [3.8, 4) is 0 Å². The quantitative estimate of drug-likeness (QED) is 0.656. The number of para-hydroxylation sites is 1. The van der Waals surface area contributed by atoms with E-state index in [4.69, 9.17) is 4.84 Å². The van der Waals surface area contributed by atoms with Gasteiger partial charge in [-0.25, -0.2) is 0 Å². The Kier molecular flexibility index (Phi) is 4.14. The number of fused-ring (bicyclic) bond motifs is 2. The van der Waals surface area contributed by atoms with Crippen LogP contribution in [0.1, 0.15) is 20.8 Å². The first-order valence-electron chi connectivity index (χ1n) is 9.18. The van der Waals surface area contributed by atoms with Gasteiger partial charge in [0.1, 0.15) is 5.92 Å². The zero-order valence-electron chi connectivity index (χ0n) is 15.2. The standard InChI is InChI=1S/C23H16N2O3S/c26-21(19-11-6-14-29-19)20-18(13-12-15-7-2-1-3-8-15)25-28-23(20)16-9-4-5-10-17(16)24-22(23)27/h1-14,20H,(H,24,27)/b13-12+/t20-,23+/m1/s1. The number of hydrogen-bond acceptors (Lipinski definition) is 5. The van der Waals surface area contributed by atoms with Crippen molar-refractivity contribution in [2.75, 3.05) is 5.32 Å². The minimum atomic E-state index is -1.49. The van der Waals surface area contributed by atoms with Gasteiger partial charge in [0.15, 0.2) is 5.78 Å². The molecule has 6 heteroatoms. The third kappa shape index (κ3) is 2.72. The Balaban J connectivity index is 1.61. The van der Waals surface area contributed by atoms with Crippen molar-refractivity contribution in [2.24, 2.45) is 11.1 Å². The summed E-state index contributed by atoms with van der Waals surface area (Å²) >= 11 is 1.34. The number of carbonyl (C=O) groups excluding carboxylic acids is 2. The Morgan fingerprint density at radius 2 is 1.83 bits per heavy atom. The summed E-state index contributed by atoms with van der Waals surface area (Å²) in [5.74, 6) is -1.42. The largest absolute Gasteiger partial charge is 0.373 e. The average molecular weight is 400 g/mol. The average Bonchev–Trinajstić information content (AvgIpc) is 3.47. The Morgan fingerprint density at radius 1 is 1.03 bits per heavy atom. The van der Waals surface area contributed by atoms with Crippen molar-refractivity contribution in [2.45, 2.75) is 5.60 Å². The predicted octanol–water partition coefficient (Wildman–Crippen LogP) is 4.49. The SMILES string of the molecule is O=C(c1cccs1)[C@H]1C(/C=C/c2ccccc2)=NO[C@]12C(=O)Nc1ccccc12. The summed E-state index contributed by atoms with van der Waals surface area (Å²) in [7, 11) is 0. The van der Waals surface area contributed by atoms with Crippen LogP contribution in [0.3, 0.4) is 0 Å². The lowest BCUT2D eigenvalue weighted by molar-refractivity contribution is -0.140. The van der Waals surface area contributed by atoms with E-state index in [1.54, 1.807) is 24.3 Å². The van der Waals surface area contributed by atoms with Gasteiger partial charge in [-0.1, -0.05) is 65.8 Å². The molecule has 29 heavy (non-hydrogen) atoms. The number of nitrogens with one attached hydrogen (secondary N) is 1. The lowest BCUT2D eigenvalue weighted by Crippen LogP contribution is -2.46. The summed E-state index contributed by atoms with van der Waals surface area (Å²) in [5.41, 5.74) is 1.18. The molecule has 3 heterocycles. The van der Waals surface area contributed by atoms with E-state index in [0.29, 0.717) is 21.8 Å². The molecule has 2 aromatic carbocycles. The van der Waals surface area contributed by atoms with Gasteiger partial charge in [0.2, 0.25) is 0 Å². The van der Waals surface area contributed by atoms with Crippen LogP contribution >= 0.6 is 11.3 Å². The third-order valence-electron chi connectivity index (χ3n) is 5.18. The molecular formula is C23H16N2O3S. The highest BCUT2D eigenvalue weighted by atomic mass is 32.1. The van der Waals surface area contributed by atoms with Gasteiger partial charge in [-0.05, 0) is 29.2 Å². The van der Waals surface area contributed by atoms with E-state index in [1.165, 1.54) is 11.3 Å². The van der Waals surface area contributed by atoms with Gasteiger partial charge in [0.25, 0.3) is 11.5 Å². The van der Waals surface area contributed by atoms with Crippen molar-refractivity contribution < 1.29 is 14.4 Å². The molecule has 0 fully saturated rings. The van der Waals surface area contributed by atoms with Gasteiger partial charge in [-0.15, -0.1) is 11.3 Å². The normalized spacial score (nSPS) is 22.4. The van der Waals surface area contributed by atoms with Crippen LogP contribution in [0.5, 0.6) is 0 Å². The minimum absolute atomic E-state index is 0.180. The van der Waals surface area contributed by atoms with Crippen LogP contribution in [0.25, 0.3) is 6.08 Å². The highest BCUT2D eigenvalue weighted by molar-refractivity contribution is 7.12. The molecular weight excluding hydrogens is 384 g/mol. The van der Waals surface area contributed by atoms with E-state index in [9.17, 15) is 9.59 Å². The Labute approximate surface area is 171 Å². The lowest BCUT2D eigenvalue weighted by atomic mass is 9.76. The fraction of sp³-hybridized carbons (Fsp3) is 0.0870. The second kappa shape index (κ2) is 6.83. The number of amides is 1. The first-order valence-corrected chi connectivity index (χ1v) is 10.1. The molecule has 0 saturated heterocycles. The molecule has 0 bridgehead atoms. The fourth-order valence-electron chi connectivity index (χ4n) is 3.82. The van der Waals surface area contributed by atoms with Crippen molar-refractivity contribution in [3.05, 3.63) is 94.2 Å². The second-order valence-electron chi connectivity index (χ2n) is 6.86. The topological polar surface area (TPSA) is 67.8 Å². The molecule has 5 nitrogen and oxygen atoms in total. The number of Topliss-reactive ketones (excluding diaryl/α,β-unsaturated/α-hetero) is 1. The lowest BCUT2D eigenvalue weighted by Gasteiger charge is -2.25. The number of benzene rings is 2. The van der Waals surface area contributed by atoms with Crippen molar-refractivity contribution in [3.63, 3.8) is 0 Å². The van der Waals surface area contributed by atoms with E-state index in [-0.39, 0.29) is 11.7 Å². The molecule has 0 aliphatic carbocycles. The fourth-order valence-corrected chi connectivity index (χ4v) is 4.52. The molecule has 2 aliphatic rings. The summed E-state index contributed by atoms with van der Waals surface area (Å²) in [4.78, 5) is 32.9. The maximum Gasteiger partial charge on any atom is 0.277 e. The molecule has 0 radical (unpaired) electrons. The molecule has 0 saturated carbocycles. The van der Waals surface area contributed by atoms with E-state index in [1.807, 2.05) is 60.0 Å². The van der Waals surface area contributed by atoms with Gasteiger partial charge in [-0.3, -0.25) is 9.59 Å². The Hall–Kier alpha value is -3.51. The van der Waals surface area contributed by atoms with Crippen molar-refractivity contribution >= 4 is 40.5 Å². The maximum absolute atomic E-state index is 13.5. The van der Waals surface area contributed by atoms with E-state index in [0.717, 1.165) is 5.56 Å². The number of hydrogen-bond donors (Lipinski definition) is 1. The van der Waals surface area contributed by atoms with Crippen LogP contribution in [-0.4, -0.2) is 17.4 Å². The number of rotatable bonds is 4. The molecule has 2 atom stereocenters. The first-order chi connectivity index (χ1) is 14.2. The van der Waals surface area contributed by atoms with Gasteiger partial charge >= 0.3 is 0 Å². The van der Waals surface area contributed by atoms with Crippen LogP contribution < -0.4 is 5.32 Å². The molecule has 1 N–H and O–H groups in total. The second-order valence-corrected chi connectivity index (χ2v) is 7.81. The van der Waals surface area contributed by atoms with Crippen molar-refractivity contribution in [1.29, 1.82) is 0 Å². The highest BCUT2D eigenvalue weighted by Crippen LogP contribution is 2.49. The van der Waals surface area contributed by atoms with Crippen LogP contribution in [-0.2, 0) is 15.2 Å². The molecule has 5 rings (SSSR count). The number of ketones is 1. The van der Waals surface area contributed by atoms with Crippen LogP contribution in [0.2, 0.25) is 0 Å². The van der Waals surface area contributed by atoms with Gasteiger partial charge < -0.3 is 10.2 Å². The number of nitrogens with zero attached hydrogens (tertiary/aromatic N) is 1. The Morgan fingerprint density at radius 3 is 2.62 bits per heavy atom. The number of oxime groups is 1. The van der Waals surface area contributed by atoms with Crippen LogP contribution in [0.15, 0.2) is 83.3 Å². The summed E-state index contributed by atoms with van der Waals surface area (Å²) in [6, 6.07) is 20.6. The molecule has 142 valence electrons. The first kappa shape index (κ1) is 17.6. The monoisotopic (exact) mass is 400 g/mol. The molecule has 3 aromatic rings. The van der Waals surface area contributed by atoms with Gasteiger partial charge in [0.05, 0.1) is 10.6 Å². The molecule has 1 aromatic heterocycles. The molecule has 2 aliphatic heterocycles. The number of anilines is 1. The van der Waals surface area contributed by atoms with E-state index >= 15 is 0 Å². The van der Waals surface area contributed by atoms with Gasteiger partial charge in [-0.2, -0.15) is 0 Å². The maximum atomic E-state index is 13.5. The number of allylic oxidation sites excluding steroid dienone is 1. The van der Waals surface area contributed by atoms with E-state index < -0.39 is 11.5 Å². The molecule has 0 unspecified atom stereocenters. The van der Waals surface area contributed by atoms with Gasteiger partial charge in [0, 0.05) is 11.3 Å². The molecule has 1 spiro atoms. The molecule has 1 amide bonds. The zero-order chi connectivity index (χ0) is 19.8. The summed E-state index contributed by atoms with van der Waals surface area (Å²) in [6.07, 6.45) is 3.63. The third-order valence-corrected chi connectivity index (χ3v) is 6.07. The van der Waals surface area contributed by atoms with Crippen molar-refractivity contribution in [1.82, 2.24) is 0 Å². The predicted molar refractivity (Wildman–Crippen MR) is 113 cm³/mol. The minimum Gasteiger partial charge on any atom is -0.373 e.